The molecule has 3 aliphatic rings. The molecule has 3 unspecified atom stereocenters. The molecule has 1 aromatic carbocycles. The Hall–Kier alpha value is -3.24. The number of carbonyl (C=O) groups excluding carboxylic acids is 1. The van der Waals surface area contributed by atoms with Gasteiger partial charge in [0.1, 0.15) is 17.9 Å². The lowest BCUT2D eigenvalue weighted by Crippen LogP contribution is -2.28. The summed E-state index contributed by atoms with van der Waals surface area (Å²) >= 11 is 0. The molecule has 1 N–H and O–H groups in total. The van der Waals surface area contributed by atoms with Crippen molar-refractivity contribution in [2.24, 2.45) is 5.92 Å². The molecular formula is C28H33N3O4. The van der Waals surface area contributed by atoms with Crippen LogP contribution in [0, 0.1) is 17.2 Å². The summed E-state index contributed by atoms with van der Waals surface area (Å²) in [6, 6.07) is 8.98. The molecule has 35 heavy (non-hydrogen) atoms. The minimum absolute atomic E-state index is 0.0249. The van der Waals surface area contributed by atoms with Gasteiger partial charge in [0.25, 0.3) is 0 Å². The molecule has 7 nitrogen and oxygen atoms in total. The van der Waals surface area contributed by atoms with E-state index in [4.69, 9.17) is 14.2 Å². The van der Waals surface area contributed by atoms with Crippen LogP contribution in [-0.2, 0) is 9.47 Å². The number of hydrogen-bond acceptors (Lipinski definition) is 5. The monoisotopic (exact) mass is 475 g/mol. The van der Waals surface area contributed by atoms with Gasteiger partial charge in [-0.05, 0) is 57.2 Å². The molecule has 2 aliphatic carbocycles. The largest absolute Gasteiger partial charge is 0.488 e. The van der Waals surface area contributed by atoms with E-state index in [2.05, 4.69) is 35.0 Å². The van der Waals surface area contributed by atoms with E-state index in [-0.39, 0.29) is 24.0 Å². The molecule has 1 saturated heterocycles. The molecule has 5 rings (SSSR count). The molecule has 1 aliphatic heterocycles. The Bertz CT molecular complexity index is 1210. The van der Waals surface area contributed by atoms with E-state index in [9.17, 15) is 10.1 Å². The van der Waals surface area contributed by atoms with Crippen LogP contribution in [0.4, 0.5) is 4.79 Å². The number of nitrogens with zero attached hydrogens (tertiary/aromatic N) is 2. The van der Waals surface area contributed by atoms with E-state index in [1.165, 1.54) is 6.42 Å². The first-order chi connectivity index (χ1) is 16.9. The van der Waals surface area contributed by atoms with Crippen molar-refractivity contribution in [3.63, 3.8) is 0 Å². The molecule has 1 amide bonds. The summed E-state index contributed by atoms with van der Waals surface area (Å²) in [4.78, 5) is 12.1. The maximum atomic E-state index is 12.1. The van der Waals surface area contributed by atoms with Gasteiger partial charge >= 0.3 is 6.09 Å². The standard InChI is InChI=1S/C28H33N3O4/c1-17(2)34-28(32)30-19-7-9-23(18(3)13-19)27-25(15-29)24-10-8-21(35-22-11-12-33-16-22)14-26(24)31(27)20-5-4-6-20/h7-10,13-14,17-18,20,22-23H,4-6,11-12,16H2,1-3H3,(H,30,32). The summed E-state index contributed by atoms with van der Waals surface area (Å²) in [7, 11) is 0. The summed E-state index contributed by atoms with van der Waals surface area (Å²) < 4.78 is 19.3. The van der Waals surface area contributed by atoms with Gasteiger partial charge in [-0.15, -0.1) is 0 Å². The first kappa shape index (κ1) is 23.5. The number of alkyl carbamates (subject to hydrolysis) is 1. The number of allylic oxidation sites excluding steroid dienone is 3. The molecule has 0 bridgehead atoms. The van der Waals surface area contributed by atoms with E-state index in [0.717, 1.165) is 59.5 Å². The van der Waals surface area contributed by atoms with Crippen molar-refractivity contribution in [2.45, 2.75) is 70.6 Å². The third-order valence-corrected chi connectivity index (χ3v) is 7.15. The molecule has 2 aromatic rings. The predicted molar refractivity (Wildman–Crippen MR) is 133 cm³/mol. The average Bonchev–Trinajstić information content (AvgIpc) is 3.38. The molecular weight excluding hydrogens is 442 g/mol. The van der Waals surface area contributed by atoms with Gasteiger partial charge < -0.3 is 18.8 Å². The van der Waals surface area contributed by atoms with Crippen molar-refractivity contribution in [2.75, 3.05) is 13.2 Å². The Morgan fingerprint density at radius 1 is 1.29 bits per heavy atom. The van der Waals surface area contributed by atoms with Crippen LogP contribution in [0.25, 0.3) is 10.9 Å². The topological polar surface area (TPSA) is 85.5 Å². The van der Waals surface area contributed by atoms with E-state index in [1.54, 1.807) is 0 Å². The second-order valence-electron chi connectivity index (χ2n) is 10.1. The van der Waals surface area contributed by atoms with Crippen molar-refractivity contribution in [1.29, 1.82) is 5.26 Å². The number of fused-ring (bicyclic) bond motifs is 1. The lowest BCUT2D eigenvalue weighted by Gasteiger charge is -2.33. The van der Waals surface area contributed by atoms with E-state index >= 15 is 0 Å². The van der Waals surface area contributed by atoms with Gasteiger partial charge in [0.2, 0.25) is 0 Å². The number of hydrogen-bond donors (Lipinski definition) is 1. The number of aromatic nitrogens is 1. The zero-order valence-corrected chi connectivity index (χ0v) is 20.6. The van der Waals surface area contributed by atoms with Crippen molar-refractivity contribution < 1.29 is 19.0 Å². The van der Waals surface area contributed by atoms with Crippen molar-refractivity contribution in [3.8, 4) is 11.8 Å². The fourth-order valence-corrected chi connectivity index (χ4v) is 5.27. The maximum absolute atomic E-state index is 12.1. The number of amides is 1. The number of carbonyl (C=O) groups is 1. The summed E-state index contributed by atoms with van der Waals surface area (Å²) in [5, 5.41) is 14.0. The Balaban J connectivity index is 1.50. The Morgan fingerprint density at radius 3 is 2.74 bits per heavy atom. The average molecular weight is 476 g/mol. The van der Waals surface area contributed by atoms with Crippen molar-refractivity contribution >= 4 is 17.0 Å². The first-order valence-corrected chi connectivity index (χ1v) is 12.6. The zero-order chi connectivity index (χ0) is 24.5. The van der Waals surface area contributed by atoms with E-state index in [0.29, 0.717) is 12.6 Å². The molecule has 2 fully saturated rings. The van der Waals surface area contributed by atoms with Crippen LogP contribution < -0.4 is 10.1 Å². The molecule has 3 atom stereocenters. The quantitative estimate of drug-likeness (QED) is 0.578. The van der Waals surface area contributed by atoms with Crippen LogP contribution >= 0.6 is 0 Å². The van der Waals surface area contributed by atoms with Gasteiger partial charge in [-0.3, -0.25) is 5.32 Å². The zero-order valence-electron chi connectivity index (χ0n) is 20.6. The Kier molecular flexibility index (Phi) is 6.57. The molecule has 1 aromatic heterocycles. The second kappa shape index (κ2) is 9.79. The van der Waals surface area contributed by atoms with Gasteiger partial charge in [0.05, 0.1) is 30.4 Å². The van der Waals surface area contributed by atoms with Gasteiger partial charge in [0.15, 0.2) is 0 Å². The van der Waals surface area contributed by atoms with Gasteiger partial charge in [-0.1, -0.05) is 19.1 Å². The number of benzene rings is 1. The third kappa shape index (κ3) is 4.68. The highest BCUT2D eigenvalue weighted by Gasteiger charge is 2.33. The fourth-order valence-electron chi connectivity index (χ4n) is 5.27. The van der Waals surface area contributed by atoms with Crippen LogP contribution in [-0.4, -0.2) is 36.1 Å². The lowest BCUT2D eigenvalue weighted by atomic mass is 9.83. The first-order valence-electron chi connectivity index (χ1n) is 12.6. The molecule has 0 spiro atoms. The highest BCUT2D eigenvalue weighted by atomic mass is 16.6. The van der Waals surface area contributed by atoms with Crippen molar-refractivity contribution in [3.05, 3.63) is 53.4 Å². The molecule has 1 saturated carbocycles. The third-order valence-electron chi connectivity index (χ3n) is 7.15. The van der Waals surface area contributed by atoms with E-state index in [1.807, 2.05) is 38.1 Å². The van der Waals surface area contributed by atoms with Crippen LogP contribution in [0.3, 0.4) is 0 Å². The number of ether oxygens (including phenoxy) is 3. The Labute approximate surface area is 206 Å². The smallest absolute Gasteiger partial charge is 0.411 e. The SMILES string of the molecule is CC(C)OC(=O)NC1=CC(C)C(c2c(C#N)c3ccc(OC4CCOC4)cc3n2C2CCC2)C=C1. The summed E-state index contributed by atoms with van der Waals surface area (Å²) in [5.74, 6) is 0.942. The summed E-state index contributed by atoms with van der Waals surface area (Å²) in [6.45, 7) is 7.13. The minimum atomic E-state index is -0.456. The lowest BCUT2D eigenvalue weighted by molar-refractivity contribution is 0.118. The Morgan fingerprint density at radius 2 is 2.11 bits per heavy atom. The van der Waals surface area contributed by atoms with Gasteiger partial charge in [0, 0.05) is 41.2 Å². The highest BCUT2D eigenvalue weighted by Crippen LogP contribution is 2.45. The van der Waals surface area contributed by atoms with Crippen LogP contribution in [0.5, 0.6) is 5.75 Å². The van der Waals surface area contributed by atoms with Gasteiger partial charge in [-0.2, -0.15) is 5.26 Å². The van der Waals surface area contributed by atoms with Crippen molar-refractivity contribution in [1.82, 2.24) is 9.88 Å². The summed E-state index contributed by atoms with van der Waals surface area (Å²) in [6.07, 6.45) is 9.83. The normalized spacial score (nSPS) is 24.2. The number of nitriles is 1. The number of rotatable bonds is 6. The minimum Gasteiger partial charge on any atom is -0.488 e. The second-order valence-corrected chi connectivity index (χ2v) is 10.1. The molecule has 2 heterocycles. The fraction of sp³-hybridized carbons (Fsp3) is 0.500. The number of nitrogens with one attached hydrogen (secondary N) is 1. The molecule has 0 radical (unpaired) electrons. The highest BCUT2D eigenvalue weighted by molar-refractivity contribution is 5.90. The van der Waals surface area contributed by atoms with E-state index < -0.39 is 6.09 Å². The van der Waals surface area contributed by atoms with Crippen LogP contribution in [0.2, 0.25) is 0 Å². The maximum Gasteiger partial charge on any atom is 0.411 e. The van der Waals surface area contributed by atoms with Crippen LogP contribution in [0.15, 0.2) is 42.1 Å². The molecule has 7 heteroatoms. The van der Waals surface area contributed by atoms with Gasteiger partial charge in [-0.25, -0.2) is 4.79 Å². The summed E-state index contributed by atoms with van der Waals surface area (Å²) in [5.41, 5.74) is 3.57. The molecule has 184 valence electrons. The van der Waals surface area contributed by atoms with Crippen LogP contribution in [0.1, 0.15) is 69.7 Å². The predicted octanol–water partition coefficient (Wildman–Crippen LogP) is 5.71.